The van der Waals surface area contributed by atoms with Crippen LogP contribution in [0.25, 0.3) is 0 Å². The number of benzene rings is 1. The molecule has 0 aliphatic heterocycles. The molecule has 5 heteroatoms. The van der Waals surface area contributed by atoms with Gasteiger partial charge >= 0.3 is 0 Å². The van der Waals surface area contributed by atoms with E-state index in [4.69, 9.17) is 29.6 Å². The standard InChI is InChI=1S/C16H26ClN3S/c1-4-20(5-2)11-7-8-12(3)19-14-10-6-9-13(17)15(14)16(18)21/h6,9-10,12,19H,4-5,7-8,11H2,1-3H3,(H2,18,21). The summed E-state index contributed by atoms with van der Waals surface area (Å²) < 4.78 is 0. The average molecular weight is 328 g/mol. The first kappa shape index (κ1) is 18.2. The van der Waals surface area contributed by atoms with Gasteiger partial charge in [0, 0.05) is 11.7 Å². The topological polar surface area (TPSA) is 41.3 Å². The van der Waals surface area contributed by atoms with Crippen LogP contribution in [-0.4, -0.2) is 35.6 Å². The zero-order chi connectivity index (χ0) is 15.8. The van der Waals surface area contributed by atoms with Crippen molar-refractivity contribution in [3.8, 4) is 0 Å². The number of nitrogens with one attached hydrogen (secondary N) is 1. The van der Waals surface area contributed by atoms with Crippen molar-refractivity contribution in [2.45, 2.75) is 39.7 Å². The maximum Gasteiger partial charge on any atom is 0.107 e. The Labute approximate surface area is 138 Å². The summed E-state index contributed by atoms with van der Waals surface area (Å²) in [6.07, 6.45) is 2.26. The lowest BCUT2D eigenvalue weighted by Crippen LogP contribution is -2.26. The molecule has 0 aliphatic rings. The summed E-state index contributed by atoms with van der Waals surface area (Å²) >= 11 is 11.3. The number of nitrogens with zero attached hydrogens (tertiary/aromatic N) is 1. The summed E-state index contributed by atoms with van der Waals surface area (Å²) in [6.45, 7) is 9.93. The SMILES string of the molecule is CCN(CC)CCCC(C)Nc1cccc(Cl)c1C(N)=S. The van der Waals surface area contributed by atoms with E-state index in [1.807, 2.05) is 18.2 Å². The Hall–Kier alpha value is -0.840. The Balaban J connectivity index is 2.57. The van der Waals surface area contributed by atoms with Gasteiger partial charge in [-0.1, -0.05) is 43.7 Å². The Morgan fingerprint density at radius 3 is 2.62 bits per heavy atom. The van der Waals surface area contributed by atoms with Gasteiger partial charge in [0.25, 0.3) is 0 Å². The third-order valence-corrected chi connectivity index (χ3v) is 4.19. The van der Waals surface area contributed by atoms with Gasteiger partial charge in [-0.15, -0.1) is 0 Å². The normalized spacial score (nSPS) is 12.4. The number of hydrogen-bond acceptors (Lipinski definition) is 3. The van der Waals surface area contributed by atoms with Crippen LogP contribution in [-0.2, 0) is 0 Å². The highest BCUT2D eigenvalue weighted by molar-refractivity contribution is 7.80. The van der Waals surface area contributed by atoms with Crippen molar-refractivity contribution in [1.82, 2.24) is 4.90 Å². The number of thiocarbonyl (C=S) groups is 1. The number of hydrogen-bond donors (Lipinski definition) is 2. The minimum atomic E-state index is 0.332. The molecule has 0 bridgehead atoms. The fourth-order valence-electron chi connectivity index (χ4n) is 2.39. The Morgan fingerprint density at radius 2 is 2.05 bits per heavy atom. The van der Waals surface area contributed by atoms with E-state index < -0.39 is 0 Å². The van der Waals surface area contributed by atoms with Crippen LogP contribution in [0.5, 0.6) is 0 Å². The fourth-order valence-corrected chi connectivity index (χ4v) is 2.95. The first-order valence-electron chi connectivity index (χ1n) is 7.56. The minimum Gasteiger partial charge on any atom is -0.389 e. The number of halogens is 1. The van der Waals surface area contributed by atoms with Crippen molar-refractivity contribution in [3.63, 3.8) is 0 Å². The van der Waals surface area contributed by atoms with E-state index in [-0.39, 0.29) is 0 Å². The van der Waals surface area contributed by atoms with Gasteiger partial charge in [0.1, 0.15) is 4.99 Å². The molecule has 1 unspecified atom stereocenters. The molecule has 21 heavy (non-hydrogen) atoms. The monoisotopic (exact) mass is 327 g/mol. The molecule has 0 saturated heterocycles. The Bertz CT molecular complexity index is 461. The molecule has 118 valence electrons. The van der Waals surface area contributed by atoms with E-state index >= 15 is 0 Å². The second-order valence-corrected chi connectivity index (χ2v) is 6.09. The van der Waals surface area contributed by atoms with E-state index in [9.17, 15) is 0 Å². The van der Waals surface area contributed by atoms with Gasteiger partial charge < -0.3 is 16.0 Å². The molecule has 0 fully saturated rings. The smallest absolute Gasteiger partial charge is 0.107 e. The molecule has 1 aromatic rings. The maximum atomic E-state index is 6.18. The first-order chi connectivity index (χ1) is 9.99. The number of anilines is 1. The van der Waals surface area contributed by atoms with E-state index in [2.05, 4.69) is 31.0 Å². The van der Waals surface area contributed by atoms with Gasteiger partial charge in [-0.3, -0.25) is 0 Å². The van der Waals surface area contributed by atoms with Crippen molar-refractivity contribution >= 4 is 34.5 Å². The second-order valence-electron chi connectivity index (χ2n) is 5.24. The van der Waals surface area contributed by atoms with Crippen molar-refractivity contribution in [1.29, 1.82) is 0 Å². The molecule has 1 aromatic carbocycles. The summed E-state index contributed by atoms with van der Waals surface area (Å²) in [5, 5.41) is 4.07. The lowest BCUT2D eigenvalue weighted by atomic mass is 10.1. The molecule has 0 aliphatic carbocycles. The molecule has 0 spiro atoms. The van der Waals surface area contributed by atoms with Crippen LogP contribution in [0.15, 0.2) is 18.2 Å². The predicted molar refractivity (Wildman–Crippen MR) is 97.4 cm³/mol. The molecule has 1 rings (SSSR count). The molecule has 0 heterocycles. The van der Waals surface area contributed by atoms with Crippen LogP contribution >= 0.6 is 23.8 Å². The zero-order valence-corrected chi connectivity index (χ0v) is 14.7. The van der Waals surface area contributed by atoms with Gasteiger partial charge in [-0.05, 0) is 51.5 Å². The zero-order valence-electron chi connectivity index (χ0n) is 13.2. The average Bonchev–Trinajstić information content (AvgIpc) is 2.43. The highest BCUT2D eigenvalue weighted by atomic mass is 35.5. The summed E-state index contributed by atoms with van der Waals surface area (Å²) in [5.41, 5.74) is 7.43. The number of rotatable bonds is 9. The Kier molecular flexibility index (Phi) is 8.01. The molecule has 1 atom stereocenters. The lowest BCUT2D eigenvalue weighted by Gasteiger charge is -2.21. The summed E-state index contributed by atoms with van der Waals surface area (Å²) in [6, 6.07) is 6.05. The molecule has 0 aromatic heterocycles. The third-order valence-electron chi connectivity index (χ3n) is 3.67. The summed E-state index contributed by atoms with van der Waals surface area (Å²) in [7, 11) is 0. The van der Waals surface area contributed by atoms with Crippen molar-refractivity contribution < 1.29 is 0 Å². The van der Waals surface area contributed by atoms with E-state index in [1.165, 1.54) is 6.42 Å². The van der Waals surface area contributed by atoms with E-state index in [0.29, 0.717) is 16.1 Å². The van der Waals surface area contributed by atoms with Crippen molar-refractivity contribution in [2.75, 3.05) is 25.0 Å². The predicted octanol–water partition coefficient (Wildman–Crippen LogP) is 3.90. The van der Waals surface area contributed by atoms with Crippen LogP contribution < -0.4 is 11.1 Å². The van der Waals surface area contributed by atoms with E-state index in [0.717, 1.165) is 37.3 Å². The van der Waals surface area contributed by atoms with Gasteiger partial charge in [0.2, 0.25) is 0 Å². The van der Waals surface area contributed by atoms with Gasteiger partial charge in [-0.25, -0.2) is 0 Å². The van der Waals surface area contributed by atoms with Crippen LogP contribution in [0.2, 0.25) is 5.02 Å². The lowest BCUT2D eigenvalue weighted by molar-refractivity contribution is 0.295. The molecule has 3 nitrogen and oxygen atoms in total. The highest BCUT2D eigenvalue weighted by Gasteiger charge is 2.12. The van der Waals surface area contributed by atoms with Crippen molar-refractivity contribution in [3.05, 3.63) is 28.8 Å². The largest absolute Gasteiger partial charge is 0.389 e. The maximum absolute atomic E-state index is 6.18. The molecule has 3 N–H and O–H groups in total. The van der Waals surface area contributed by atoms with Gasteiger partial charge in [0.05, 0.1) is 10.6 Å². The second kappa shape index (κ2) is 9.23. The highest BCUT2D eigenvalue weighted by Crippen LogP contribution is 2.25. The molecular weight excluding hydrogens is 302 g/mol. The van der Waals surface area contributed by atoms with E-state index in [1.54, 1.807) is 0 Å². The van der Waals surface area contributed by atoms with Gasteiger partial charge in [0.15, 0.2) is 0 Å². The van der Waals surface area contributed by atoms with Crippen LogP contribution in [0, 0.1) is 0 Å². The van der Waals surface area contributed by atoms with Crippen LogP contribution in [0.4, 0.5) is 5.69 Å². The first-order valence-corrected chi connectivity index (χ1v) is 8.35. The molecule has 0 radical (unpaired) electrons. The van der Waals surface area contributed by atoms with Crippen molar-refractivity contribution in [2.24, 2.45) is 5.73 Å². The molecular formula is C16H26ClN3S. The quantitative estimate of drug-likeness (QED) is 0.675. The van der Waals surface area contributed by atoms with Gasteiger partial charge in [-0.2, -0.15) is 0 Å². The van der Waals surface area contributed by atoms with Crippen LogP contribution in [0.3, 0.4) is 0 Å². The fraction of sp³-hybridized carbons (Fsp3) is 0.562. The summed E-state index contributed by atoms with van der Waals surface area (Å²) in [5.74, 6) is 0. The summed E-state index contributed by atoms with van der Waals surface area (Å²) in [4.78, 5) is 2.77. The number of nitrogens with two attached hydrogens (primary N) is 1. The molecule has 0 saturated carbocycles. The Morgan fingerprint density at radius 1 is 1.38 bits per heavy atom. The van der Waals surface area contributed by atoms with Crippen LogP contribution in [0.1, 0.15) is 39.2 Å². The molecule has 0 amide bonds. The third kappa shape index (κ3) is 5.81. The minimum absolute atomic E-state index is 0.332.